The predicted molar refractivity (Wildman–Crippen MR) is 116 cm³/mol. The molecule has 1 N–H and O–H groups in total. The first-order valence-electron chi connectivity index (χ1n) is 10.3. The van der Waals surface area contributed by atoms with E-state index in [1.807, 2.05) is 36.4 Å². The molecule has 0 aromatic heterocycles. The first-order chi connectivity index (χ1) is 14.0. The Bertz CT molecular complexity index is 873. The summed E-state index contributed by atoms with van der Waals surface area (Å²) < 4.78 is 0. The van der Waals surface area contributed by atoms with E-state index in [1.54, 1.807) is 13.1 Å². The van der Waals surface area contributed by atoms with E-state index in [1.165, 1.54) is 12.8 Å². The van der Waals surface area contributed by atoms with E-state index >= 15 is 0 Å². The number of benzene rings is 2. The molecule has 6 nitrogen and oxygen atoms in total. The number of carbonyl (C=O) groups is 1. The maximum Gasteiger partial charge on any atom is 0.292 e. The van der Waals surface area contributed by atoms with Gasteiger partial charge in [-0.05, 0) is 48.4 Å². The quantitative estimate of drug-likeness (QED) is 0.569. The molecule has 2 aromatic carbocycles. The Hall–Kier alpha value is -2.89. The second kappa shape index (κ2) is 9.54. The molecule has 0 spiro atoms. The van der Waals surface area contributed by atoms with E-state index in [0.29, 0.717) is 12.0 Å². The van der Waals surface area contributed by atoms with Crippen molar-refractivity contribution < 1.29 is 9.72 Å². The zero-order valence-electron chi connectivity index (χ0n) is 17.2. The number of hydrogen-bond acceptors (Lipinski definition) is 4. The summed E-state index contributed by atoms with van der Waals surface area (Å²) in [5.74, 6) is -0.0536. The summed E-state index contributed by atoms with van der Waals surface area (Å²) in [6.07, 6.45) is 5.16. The highest BCUT2D eigenvalue weighted by Crippen LogP contribution is 2.33. The fraction of sp³-hybridized carbons (Fsp3) is 0.435. The van der Waals surface area contributed by atoms with Crippen LogP contribution in [0.15, 0.2) is 42.5 Å². The Morgan fingerprint density at radius 1 is 1.14 bits per heavy atom. The molecule has 1 heterocycles. The molecule has 29 heavy (non-hydrogen) atoms. The van der Waals surface area contributed by atoms with Gasteiger partial charge in [0.1, 0.15) is 5.69 Å². The van der Waals surface area contributed by atoms with Crippen LogP contribution in [-0.4, -0.2) is 31.0 Å². The maximum absolute atomic E-state index is 12.2. The highest BCUT2D eigenvalue weighted by atomic mass is 16.6. The number of amides is 1. The molecule has 1 unspecified atom stereocenters. The summed E-state index contributed by atoms with van der Waals surface area (Å²) >= 11 is 0. The number of nitrogens with zero attached hydrogens (tertiary/aromatic N) is 2. The number of carbonyl (C=O) groups excluding carboxylic acids is 1. The van der Waals surface area contributed by atoms with Crippen LogP contribution in [0.3, 0.4) is 0 Å². The van der Waals surface area contributed by atoms with Crippen LogP contribution in [0.5, 0.6) is 0 Å². The zero-order chi connectivity index (χ0) is 20.8. The van der Waals surface area contributed by atoms with Crippen LogP contribution >= 0.6 is 0 Å². The molecule has 1 aliphatic rings. The fourth-order valence-corrected chi connectivity index (χ4v) is 4.15. The molecule has 1 aliphatic heterocycles. The van der Waals surface area contributed by atoms with Gasteiger partial charge < -0.3 is 10.2 Å². The summed E-state index contributed by atoms with van der Waals surface area (Å²) in [5, 5.41) is 14.4. The van der Waals surface area contributed by atoms with Gasteiger partial charge in [0.2, 0.25) is 0 Å². The summed E-state index contributed by atoms with van der Waals surface area (Å²) in [6, 6.07) is 13.1. The lowest BCUT2D eigenvalue weighted by molar-refractivity contribution is -0.384. The van der Waals surface area contributed by atoms with Gasteiger partial charge in [0.05, 0.1) is 4.92 Å². The minimum Gasteiger partial charge on any atom is -0.366 e. The van der Waals surface area contributed by atoms with Crippen molar-refractivity contribution in [1.82, 2.24) is 5.32 Å². The van der Waals surface area contributed by atoms with Crippen molar-refractivity contribution in [2.75, 3.05) is 25.0 Å². The molecule has 0 radical (unpaired) electrons. The number of nitro benzene ring substituents is 1. The first-order valence-corrected chi connectivity index (χ1v) is 10.3. The van der Waals surface area contributed by atoms with Gasteiger partial charge in [-0.1, -0.05) is 44.0 Å². The molecule has 0 saturated carbocycles. The first kappa shape index (κ1) is 20.8. The number of rotatable bonds is 6. The highest BCUT2D eigenvalue weighted by Gasteiger charge is 2.22. The molecule has 2 aromatic rings. The molecule has 0 bridgehead atoms. The van der Waals surface area contributed by atoms with E-state index in [-0.39, 0.29) is 22.4 Å². The number of anilines is 1. The van der Waals surface area contributed by atoms with E-state index in [4.69, 9.17) is 0 Å². The molecule has 1 amide bonds. The second-order valence-electron chi connectivity index (χ2n) is 7.75. The van der Waals surface area contributed by atoms with Crippen molar-refractivity contribution in [1.29, 1.82) is 0 Å². The minimum atomic E-state index is -0.271. The number of nitro groups is 1. The number of nitrogens with one attached hydrogen (secondary N) is 1. The van der Waals surface area contributed by atoms with Gasteiger partial charge in [0.25, 0.3) is 11.6 Å². The Morgan fingerprint density at radius 3 is 2.48 bits per heavy atom. The van der Waals surface area contributed by atoms with Crippen LogP contribution in [0.25, 0.3) is 0 Å². The van der Waals surface area contributed by atoms with Crippen LogP contribution in [0.2, 0.25) is 0 Å². The molecular formula is C23H29N3O3. The Labute approximate surface area is 172 Å². The van der Waals surface area contributed by atoms with Crippen LogP contribution in [-0.2, 0) is 6.42 Å². The third-order valence-electron chi connectivity index (χ3n) is 5.69. The van der Waals surface area contributed by atoms with Gasteiger partial charge in [-0.2, -0.15) is 0 Å². The molecule has 3 rings (SSSR count). The van der Waals surface area contributed by atoms with Gasteiger partial charge in [-0.3, -0.25) is 14.9 Å². The Kier molecular flexibility index (Phi) is 6.86. The summed E-state index contributed by atoms with van der Waals surface area (Å²) in [7, 11) is 1.62. The summed E-state index contributed by atoms with van der Waals surface area (Å²) in [6.45, 7) is 3.79. The van der Waals surface area contributed by atoms with Gasteiger partial charge in [-0.25, -0.2) is 0 Å². The van der Waals surface area contributed by atoms with E-state index in [2.05, 4.69) is 17.1 Å². The van der Waals surface area contributed by atoms with Crippen molar-refractivity contribution in [3.63, 3.8) is 0 Å². The third kappa shape index (κ3) is 4.94. The molecular weight excluding hydrogens is 366 g/mol. The van der Waals surface area contributed by atoms with Crippen LogP contribution < -0.4 is 10.2 Å². The number of hydrogen-bond donors (Lipinski definition) is 1. The smallest absolute Gasteiger partial charge is 0.292 e. The molecule has 154 valence electrons. The SMILES string of the molecule is CNC(=O)c1ccccc1C(C)Cc1ccc(N2CCCCCC2)c([N+](=O)[O-])c1. The summed E-state index contributed by atoms with van der Waals surface area (Å²) in [5.41, 5.74) is 3.41. The fourth-order valence-electron chi connectivity index (χ4n) is 4.15. The normalized spacial score (nSPS) is 15.4. The van der Waals surface area contributed by atoms with E-state index in [0.717, 1.165) is 42.7 Å². The van der Waals surface area contributed by atoms with Crippen LogP contribution in [0.1, 0.15) is 60.0 Å². The Morgan fingerprint density at radius 2 is 1.83 bits per heavy atom. The summed E-state index contributed by atoms with van der Waals surface area (Å²) in [4.78, 5) is 25.8. The highest BCUT2D eigenvalue weighted by molar-refractivity contribution is 5.95. The third-order valence-corrected chi connectivity index (χ3v) is 5.69. The molecule has 6 heteroatoms. The lowest BCUT2D eigenvalue weighted by Gasteiger charge is -2.23. The van der Waals surface area contributed by atoms with E-state index in [9.17, 15) is 14.9 Å². The van der Waals surface area contributed by atoms with Crippen molar-refractivity contribution in [3.05, 3.63) is 69.3 Å². The average molecular weight is 396 g/mol. The average Bonchev–Trinajstić information content (AvgIpc) is 3.02. The topological polar surface area (TPSA) is 75.5 Å². The van der Waals surface area contributed by atoms with Gasteiger partial charge in [0.15, 0.2) is 0 Å². The van der Waals surface area contributed by atoms with Crippen LogP contribution in [0, 0.1) is 10.1 Å². The zero-order valence-corrected chi connectivity index (χ0v) is 17.2. The van der Waals surface area contributed by atoms with Gasteiger partial charge in [0, 0.05) is 31.8 Å². The molecule has 1 atom stereocenters. The van der Waals surface area contributed by atoms with Gasteiger partial charge in [-0.15, -0.1) is 0 Å². The molecule has 0 aliphatic carbocycles. The largest absolute Gasteiger partial charge is 0.366 e. The second-order valence-corrected chi connectivity index (χ2v) is 7.75. The van der Waals surface area contributed by atoms with Crippen molar-refractivity contribution in [2.24, 2.45) is 0 Å². The standard InChI is InChI=1S/C23H29N3O3/c1-17(19-9-5-6-10-20(19)23(27)24-2)15-18-11-12-21(22(16-18)26(28)29)25-13-7-3-4-8-14-25/h5-6,9-12,16-17H,3-4,7-8,13-15H2,1-2H3,(H,24,27). The lowest BCUT2D eigenvalue weighted by atomic mass is 9.89. The maximum atomic E-state index is 12.2. The monoisotopic (exact) mass is 395 g/mol. The predicted octanol–water partition coefficient (Wildman–Crippen LogP) is 4.68. The van der Waals surface area contributed by atoms with Crippen molar-refractivity contribution in [3.8, 4) is 0 Å². The lowest BCUT2D eigenvalue weighted by Crippen LogP contribution is -2.24. The van der Waals surface area contributed by atoms with Crippen molar-refractivity contribution in [2.45, 2.75) is 44.9 Å². The van der Waals surface area contributed by atoms with Crippen LogP contribution in [0.4, 0.5) is 11.4 Å². The van der Waals surface area contributed by atoms with E-state index < -0.39 is 0 Å². The Balaban J connectivity index is 1.86. The van der Waals surface area contributed by atoms with Crippen molar-refractivity contribution >= 4 is 17.3 Å². The molecule has 1 saturated heterocycles. The molecule has 1 fully saturated rings. The minimum absolute atomic E-state index is 0.0622. The van der Waals surface area contributed by atoms with Gasteiger partial charge >= 0.3 is 0 Å².